The molecule has 0 saturated carbocycles. The first-order valence-electron chi connectivity index (χ1n) is 7.55. The van der Waals surface area contributed by atoms with Crippen LogP contribution < -0.4 is 5.32 Å². The second-order valence-corrected chi connectivity index (χ2v) is 5.69. The SMILES string of the molecule is O=[N+]([O-])c1cc(C(F)(F)F)ccc1-c1ccc([C@@H]2CCCCN2)o1. The summed E-state index contributed by atoms with van der Waals surface area (Å²) in [5.74, 6) is 0.830. The highest BCUT2D eigenvalue weighted by Crippen LogP contribution is 2.38. The molecule has 128 valence electrons. The summed E-state index contributed by atoms with van der Waals surface area (Å²) in [6.45, 7) is 0.862. The number of nitro groups is 1. The Bertz CT molecular complexity index is 749. The molecule has 24 heavy (non-hydrogen) atoms. The summed E-state index contributed by atoms with van der Waals surface area (Å²) in [5, 5.41) is 14.5. The van der Waals surface area contributed by atoms with Gasteiger partial charge in [0.2, 0.25) is 0 Å². The Morgan fingerprint density at radius 2 is 2.00 bits per heavy atom. The van der Waals surface area contributed by atoms with Gasteiger partial charge >= 0.3 is 6.18 Å². The minimum absolute atomic E-state index is 0.0287. The zero-order valence-electron chi connectivity index (χ0n) is 12.6. The molecule has 1 N–H and O–H groups in total. The Kier molecular flexibility index (Phi) is 4.31. The van der Waals surface area contributed by atoms with E-state index >= 15 is 0 Å². The molecular weight excluding hydrogens is 325 g/mol. The second kappa shape index (κ2) is 6.27. The molecule has 0 unspecified atom stereocenters. The third-order valence-corrected chi connectivity index (χ3v) is 4.07. The van der Waals surface area contributed by atoms with Crippen molar-refractivity contribution in [2.24, 2.45) is 0 Å². The molecular formula is C16H15F3N2O3. The minimum Gasteiger partial charge on any atom is -0.459 e. The van der Waals surface area contributed by atoms with Gasteiger partial charge in [-0.2, -0.15) is 13.2 Å². The molecule has 5 nitrogen and oxygen atoms in total. The predicted octanol–water partition coefficient (Wildman–Crippen LogP) is 4.69. The van der Waals surface area contributed by atoms with Crippen molar-refractivity contribution in [2.45, 2.75) is 31.5 Å². The van der Waals surface area contributed by atoms with E-state index in [1.807, 2.05) is 0 Å². The van der Waals surface area contributed by atoms with E-state index in [2.05, 4.69) is 5.32 Å². The molecule has 1 aliphatic rings. The van der Waals surface area contributed by atoms with Crippen LogP contribution in [0.4, 0.5) is 18.9 Å². The molecule has 1 aromatic heterocycles. The lowest BCUT2D eigenvalue weighted by Gasteiger charge is -2.21. The summed E-state index contributed by atoms with van der Waals surface area (Å²) < 4.78 is 44.0. The molecule has 1 aliphatic heterocycles. The smallest absolute Gasteiger partial charge is 0.416 e. The molecule has 1 aromatic carbocycles. The zero-order chi connectivity index (χ0) is 17.3. The topological polar surface area (TPSA) is 68.3 Å². The van der Waals surface area contributed by atoms with Gasteiger partial charge in [0.05, 0.1) is 22.1 Å². The van der Waals surface area contributed by atoms with Gasteiger partial charge in [-0.25, -0.2) is 0 Å². The average molecular weight is 340 g/mol. The highest BCUT2D eigenvalue weighted by molar-refractivity contribution is 5.70. The summed E-state index contributed by atoms with van der Waals surface area (Å²) in [6.07, 6.45) is -1.62. The number of benzene rings is 1. The van der Waals surface area contributed by atoms with Crippen LogP contribution in [0.15, 0.2) is 34.7 Å². The maximum absolute atomic E-state index is 12.8. The highest BCUT2D eigenvalue weighted by Gasteiger charge is 2.33. The number of rotatable bonds is 3. The van der Waals surface area contributed by atoms with Crippen molar-refractivity contribution >= 4 is 5.69 Å². The Morgan fingerprint density at radius 1 is 1.21 bits per heavy atom. The Labute approximate surface area is 135 Å². The first kappa shape index (κ1) is 16.5. The molecule has 0 amide bonds. The monoisotopic (exact) mass is 340 g/mol. The lowest BCUT2D eigenvalue weighted by atomic mass is 10.0. The van der Waals surface area contributed by atoms with Crippen LogP contribution in [0.5, 0.6) is 0 Å². The number of nitrogens with one attached hydrogen (secondary N) is 1. The van der Waals surface area contributed by atoms with Gasteiger partial charge in [-0.15, -0.1) is 0 Å². The van der Waals surface area contributed by atoms with Gasteiger partial charge < -0.3 is 9.73 Å². The van der Waals surface area contributed by atoms with E-state index in [0.29, 0.717) is 11.8 Å². The minimum atomic E-state index is -4.64. The summed E-state index contributed by atoms with van der Waals surface area (Å²) in [5.41, 5.74) is -1.64. The number of hydrogen-bond acceptors (Lipinski definition) is 4. The maximum Gasteiger partial charge on any atom is 0.416 e. The second-order valence-electron chi connectivity index (χ2n) is 5.69. The molecule has 1 fully saturated rings. The normalized spacial score (nSPS) is 18.5. The van der Waals surface area contributed by atoms with Crippen LogP contribution in [-0.4, -0.2) is 11.5 Å². The van der Waals surface area contributed by atoms with Crippen molar-refractivity contribution in [3.63, 3.8) is 0 Å². The fraction of sp³-hybridized carbons (Fsp3) is 0.375. The number of halogens is 3. The number of piperidine rings is 1. The van der Waals surface area contributed by atoms with E-state index in [1.54, 1.807) is 12.1 Å². The molecule has 8 heteroatoms. The van der Waals surface area contributed by atoms with E-state index in [0.717, 1.165) is 37.9 Å². The fourth-order valence-corrected chi connectivity index (χ4v) is 2.85. The van der Waals surface area contributed by atoms with Crippen LogP contribution in [0, 0.1) is 10.1 Å². The lowest BCUT2D eigenvalue weighted by Crippen LogP contribution is -2.26. The standard InChI is InChI=1S/C16H15F3N2O3/c17-16(18,19)10-4-5-11(13(9-10)21(22)23)14-6-7-15(24-14)12-3-1-2-8-20-12/h4-7,9,12,20H,1-3,8H2/t12-/m0/s1. The molecule has 0 bridgehead atoms. The lowest BCUT2D eigenvalue weighted by molar-refractivity contribution is -0.384. The van der Waals surface area contributed by atoms with Crippen LogP contribution in [0.3, 0.4) is 0 Å². The van der Waals surface area contributed by atoms with Crippen molar-refractivity contribution in [3.05, 3.63) is 51.8 Å². The summed E-state index contributed by atoms with van der Waals surface area (Å²) >= 11 is 0. The largest absolute Gasteiger partial charge is 0.459 e. The molecule has 0 aliphatic carbocycles. The zero-order valence-corrected chi connectivity index (χ0v) is 12.6. The third-order valence-electron chi connectivity index (χ3n) is 4.07. The highest BCUT2D eigenvalue weighted by atomic mass is 19.4. The van der Waals surface area contributed by atoms with Crippen molar-refractivity contribution in [1.29, 1.82) is 0 Å². The van der Waals surface area contributed by atoms with E-state index in [9.17, 15) is 23.3 Å². The van der Waals surface area contributed by atoms with E-state index < -0.39 is 22.4 Å². The van der Waals surface area contributed by atoms with Gasteiger partial charge in [-0.1, -0.05) is 6.42 Å². The van der Waals surface area contributed by atoms with Crippen molar-refractivity contribution in [3.8, 4) is 11.3 Å². The van der Waals surface area contributed by atoms with Crippen LogP contribution in [0.1, 0.15) is 36.6 Å². The molecule has 2 aromatic rings. The molecule has 1 atom stereocenters. The fourth-order valence-electron chi connectivity index (χ4n) is 2.85. The van der Waals surface area contributed by atoms with Gasteiger partial charge in [-0.3, -0.25) is 10.1 Å². The molecule has 2 heterocycles. The maximum atomic E-state index is 12.8. The Morgan fingerprint density at radius 3 is 2.62 bits per heavy atom. The van der Waals surface area contributed by atoms with Crippen LogP contribution in [-0.2, 0) is 6.18 Å². The van der Waals surface area contributed by atoms with Gasteiger partial charge in [0.25, 0.3) is 5.69 Å². The molecule has 3 rings (SSSR count). The molecule has 1 saturated heterocycles. The molecule has 0 spiro atoms. The predicted molar refractivity (Wildman–Crippen MR) is 80.4 cm³/mol. The van der Waals surface area contributed by atoms with Gasteiger partial charge in [0.15, 0.2) is 0 Å². The Balaban J connectivity index is 1.97. The van der Waals surface area contributed by atoms with Crippen molar-refractivity contribution < 1.29 is 22.5 Å². The summed E-state index contributed by atoms with van der Waals surface area (Å²) in [7, 11) is 0. The summed E-state index contributed by atoms with van der Waals surface area (Å²) in [6, 6.07) is 5.74. The van der Waals surface area contributed by atoms with Crippen molar-refractivity contribution in [2.75, 3.05) is 6.54 Å². The quantitative estimate of drug-likeness (QED) is 0.650. The van der Waals surface area contributed by atoms with Gasteiger partial charge in [-0.05, 0) is 43.7 Å². The molecule has 0 radical (unpaired) electrons. The van der Waals surface area contributed by atoms with E-state index in [1.165, 1.54) is 0 Å². The van der Waals surface area contributed by atoms with E-state index in [4.69, 9.17) is 4.42 Å². The Hall–Kier alpha value is -2.35. The van der Waals surface area contributed by atoms with Crippen LogP contribution >= 0.6 is 0 Å². The van der Waals surface area contributed by atoms with E-state index in [-0.39, 0.29) is 17.4 Å². The number of nitrogens with zero attached hydrogens (tertiary/aromatic N) is 1. The van der Waals surface area contributed by atoms with Crippen molar-refractivity contribution in [1.82, 2.24) is 5.32 Å². The van der Waals surface area contributed by atoms with Gasteiger partial charge in [0, 0.05) is 6.07 Å². The first-order valence-corrected chi connectivity index (χ1v) is 7.55. The number of furan rings is 1. The number of hydrogen-bond donors (Lipinski definition) is 1. The number of alkyl halides is 3. The first-order chi connectivity index (χ1) is 11.4. The van der Waals surface area contributed by atoms with Crippen LogP contribution in [0.25, 0.3) is 11.3 Å². The number of nitro benzene ring substituents is 1. The average Bonchev–Trinajstić information content (AvgIpc) is 3.04. The van der Waals surface area contributed by atoms with Crippen LogP contribution in [0.2, 0.25) is 0 Å². The summed E-state index contributed by atoms with van der Waals surface area (Å²) in [4.78, 5) is 10.3. The van der Waals surface area contributed by atoms with Gasteiger partial charge in [0.1, 0.15) is 11.5 Å². The third kappa shape index (κ3) is 3.28.